The summed E-state index contributed by atoms with van der Waals surface area (Å²) in [6.07, 6.45) is 1.84. The number of carbonyl (C=O) groups excluding carboxylic acids is 1. The molecule has 2 aliphatic rings. The number of aliphatic hydroxyl groups is 1. The van der Waals surface area contributed by atoms with E-state index >= 15 is 0 Å². The SMILES string of the molecule is CCOC(=O)[C@@]1(c2ccc3ccccc3c2)O[C@]2(CO)OC(C)=C[C@@H]21. The standard InChI is InChI=1S/C20H20O5/c1-3-23-18(22)20(17-10-13(2)24-19(17,12-21)25-20)16-9-8-14-6-4-5-7-15(14)11-16/h4-11,17,21H,3,12H2,1-2H3/t17-,19-,20-/m0/s1. The molecule has 130 valence electrons. The molecule has 0 aliphatic carbocycles. The molecule has 1 saturated heterocycles. The molecule has 2 aromatic carbocycles. The molecule has 0 bridgehead atoms. The molecule has 0 radical (unpaired) electrons. The second-order valence-corrected chi connectivity index (χ2v) is 6.45. The van der Waals surface area contributed by atoms with Gasteiger partial charge in [-0.05, 0) is 42.3 Å². The first-order valence-corrected chi connectivity index (χ1v) is 8.41. The van der Waals surface area contributed by atoms with Crippen LogP contribution in [0.15, 0.2) is 54.3 Å². The van der Waals surface area contributed by atoms with Crippen molar-refractivity contribution in [3.05, 3.63) is 59.9 Å². The van der Waals surface area contributed by atoms with E-state index in [1.807, 2.05) is 48.5 Å². The molecule has 1 N–H and O–H groups in total. The molecule has 5 nitrogen and oxygen atoms in total. The van der Waals surface area contributed by atoms with Gasteiger partial charge in [0.05, 0.1) is 18.3 Å². The van der Waals surface area contributed by atoms with E-state index in [1.54, 1.807) is 13.8 Å². The Labute approximate surface area is 145 Å². The van der Waals surface area contributed by atoms with Crippen molar-refractivity contribution in [3.63, 3.8) is 0 Å². The summed E-state index contributed by atoms with van der Waals surface area (Å²) in [7, 11) is 0. The zero-order valence-electron chi connectivity index (χ0n) is 14.2. The number of hydrogen-bond acceptors (Lipinski definition) is 5. The van der Waals surface area contributed by atoms with Crippen LogP contribution in [-0.4, -0.2) is 30.1 Å². The summed E-state index contributed by atoms with van der Waals surface area (Å²) in [5.41, 5.74) is -0.603. The number of aliphatic hydroxyl groups excluding tert-OH is 1. The van der Waals surface area contributed by atoms with Gasteiger partial charge in [0.2, 0.25) is 11.4 Å². The average Bonchev–Trinajstić information content (AvgIpc) is 2.88. The Kier molecular flexibility index (Phi) is 3.60. The molecule has 2 aliphatic heterocycles. The van der Waals surface area contributed by atoms with Gasteiger partial charge in [0.1, 0.15) is 6.61 Å². The van der Waals surface area contributed by atoms with Crippen molar-refractivity contribution in [1.82, 2.24) is 0 Å². The largest absolute Gasteiger partial charge is 0.464 e. The average molecular weight is 340 g/mol. The maximum absolute atomic E-state index is 12.9. The van der Waals surface area contributed by atoms with Gasteiger partial charge >= 0.3 is 5.97 Å². The van der Waals surface area contributed by atoms with Crippen molar-refractivity contribution >= 4 is 16.7 Å². The van der Waals surface area contributed by atoms with Crippen molar-refractivity contribution in [3.8, 4) is 0 Å². The lowest BCUT2D eigenvalue weighted by atomic mass is 9.70. The molecule has 2 aromatic rings. The smallest absolute Gasteiger partial charge is 0.344 e. The minimum absolute atomic E-state index is 0.250. The lowest BCUT2D eigenvalue weighted by Gasteiger charge is -2.55. The lowest BCUT2D eigenvalue weighted by molar-refractivity contribution is -0.397. The van der Waals surface area contributed by atoms with Crippen LogP contribution < -0.4 is 0 Å². The van der Waals surface area contributed by atoms with E-state index in [0.29, 0.717) is 11.3 Å². The number of fused-ring (bicyclic) bond motifs is 2. The number of esters is 1. The minimum atomic E-state index is -1.31. The van der Waals surface area contributed by atoms with Crippen LogP contribution in [0, 0.1) is 5.92 Å². The molecular weight excluding hydrogens is 320 g/mol. The summed E-state index contributed by atoms with van der Waals surface area (Å²) in [6.45, 7) is 3.46. The molecular formula is C20H20O5. The van der Waals surface area contributed by atoms with E-state index in [0.717, 1.165) is 10.8 Å². The number of rotatable bonds is 4. The van der Waals surface area contributed by atoms with Gasteiger partial charge in [0, 0.05) is 0 Å². The van der Waals surface area contributed by atoms with E-state index in [-0.39, 0.29) is 13.2 Å². The van der Waals surface area contributed by atoms with Crippen LogP contribution in [0.2, 0.25) is 0 Å². The highest BCUT2D eigenvalue weighted by Gasteiger charge is 2.73. The Morgan fingerprint density at radius 1 is 1.24 bits per heavy atom. The maximum atomic E-state index is 12.9. The van der Waals surface area contributed by atoms with Gasteiger partial charge in [0.25, 0.3) is 0 Å². The molecule has 1 fully saturated rings. The maximum Gasteiger partial charge on any atom is 0.344 e. The Bertz CT molecular complexity index is 873. The Balaban J connectivity index is 1.86. The van der Waals surface area contributed by atoms with E-state index in [2.05, 4.69) is 0 Å². The highest BCUT2D eigenvalue weighted by atomic mass is 16.8. The normalized spacial score (nSPS) is 30.2. The summed E-state index contributed by atoms with van der Waals surface area (Å²) < 4.78 is 17.0. The van der Waals surface area contributed by atoms with Gasteiger partial charge in [-0.25, -0.2) is 4.79 Å². The fourth-order valence-electron chi connectivity index (χ4n) is 3.87. The fourth-order valence-corrected chi connectivity index (χ4v) is 3.87. The van der Waals surface area contributed by atoms with Crippen LogP contribution in [0.25, 0.3) is 10.8 Å². The van der Waals surface area contributed by atoms with Gasteiger partial charge in [0.15, 0.2) is 0 Å². The van der Waals surface area contributed by atoms with Crippen LogP contribution in [0.4, 0.5) is 0 Å². The predicted molar refractivity (Wildman–Crippen MR) is 91.5 cm³/mol. The third-order valence-corrected chi connectivity index (χ3v) is 4.96. The highest BCUT2D eigenvalue weighted by molar-refractivity contribution is 5.88. The fraction of sp³-hybridized carbons (Fsp3) is 0.350. The van der Waals surface area contributed by atoms with Crippen molar-refractivity contribution in [2.24, 2.45) is 5.92 Å². The summed E-state index contributed by atoms with van der Waals surface area (Å²) in [6, 6.07) is 13.7. The number of carbonyl (C=O) groups is 1. The summed E-state index contributed by atoms with van der Waals surface area (Å²) in [5, 5.41) is 11.9. The molecule has 0 unspecified atom stereocenters. The second-order valence-electron chi connectivity index (χ2n) is 6.45. The van der Waals surface area contributed by atoms with E-state index < -0.39 is 23.3 Å². The Morgan fingerprint density at radius 3 is 2.72 bits per heavy atom. The summed E-state index contributed by atoms with van der Waals surface area (Å²) in [5.74, 6) is -1.48. The molecule has 2 heterocycles. The molecule has 0 amide bonds. The molecule has 0 saturated carbocycles. The number of benzene rings is 2. The van der Waals surface area contributed by atoms with Crippen molar-refractivity contribution < 1.29 is 24.1 Å². The summed E-state index contributed by atoms with van der Waals surface area (Å²) >= 11 is 0. The van der Waals surface area contributed by atoms with Crippen LogP contribution in [0.5, 0.6) is 0 Å². The van der Waals surface area contributed by atoms with Crippen molar-refractivity contribution in [1.29, 1.82) is 0 Å². The van der Waals surface area contributed by atoms with Gasteiger partial charge in [-0.3, -0.25) is 0 Å². The third kappa shape index (κ3) is 2.12. The summed E-state index contributed by atoms with van der Waals surface area (Å²) in [4.78, 5) is 12.9. The number of ether oxygens (including phenoxy) is 3. The quantitative estimate of drug-likeness (QED) is 0.867. The highest BCUT2D eigenvalue weighted by Crippen LogP contribution is 2.59. The second kappa shape index (κ2) is 5.58. The van der Waals surface area contributed by atoms with Crippen LogP contribution in [-0.2, 0) is 24.6 Å². The minimum Gasteiger partial charge on any atom is -0.464 e. The van der Waals surface area contributed by atoms with Crippen molar-refractivity contribution in [2.45, 2.75) is 25.2 Å². The van der Waals surface area contributed by atoms with Gasteiger partial charge in [-0.15, -0.1) is 0 Å². The molecule has 4 rings (SSSR count). The topological polar surface area (TPSA) is 65.0 Å². The van der Waals surface area contributed by atoms with Gasteiger partial charge < -0.3 is 19.3 Å². The van der Waals surface area contributed by atoms with Crippen LogP contribution >= 0.6 is 0 Å². The first kappa shape index (κ1) is 16.1. The first-order valence-electron chi connectivity index (χ1n) is 8.41. The first-order chi connectivity index (χ1) is 12.1. The zero-order valence-corrected chi connectivity index (χ0v) is 14.2. The molecule has 0 spiro atoms. The lowest BCUT2D eigenvalue weighted by Crippen LogP contribution is -2.70. The van der Waals surface area contributed by atoms with Crippen LogP contribution in [0.3, 0.4) is 0 Å². The van der Waals surface area contributed by atoms with E-state index in [9.17, 15) is 9.90 Å². The van der Waals surface area contributed by atoms with E-state index in [1.165, 1.54) is 0 Å². The number of allylic oxidation sites excluding steroid dienone is 1. The Morgan fingerprint density at radius 2 is 2.00 bits per heavy atom. The monoisotopic (exact) mass is 340 g/mol. The Hall–Kier alpha value is -2.37. The van der Waals surface area contributed by atoms with Gasteiger partial charge in [-0.2, -0.15) is 0 Å². The molecule has 5 heteroatoms. The van der Waals surface area contributed by atoms with Crippen molar-refractivity contribution in [2.75, 3.05) is 13.2 Å². The van der Waals surface area contributed by atoms with E-state index in [4.69, 9.17) is 14.2 Å². The van der Waals surface area contributed by atoms with Crippen LogP contribution in [0.1, 0.15) is 19.4 Å². The zero-order chi connectivity index (χ0) is 17.7. The predicted octanol–water partition coefficient (Wildman–Crippen LogP) is 2.87. The molecule has 3 atom stereocenters. The van der Waals surface area contributed by atoms with Gasteiger partial charge in [-0.1, -0.05) is 36.4 Å². The molecule has 25 heavy (non-hydrogen) atoms. The third-order valence-electron chi connectivity index (χ3n) is 4.96. The number of hydrogen-bond donors (Lipinski definition) is 1. The molecule has 0 aromatic heterocycles.